The molecule has 1 amide bonds. The average molecular weight is 370 g/mol. The van der Waals surface area contributed by atoms with Gasteiger partial charge in [-0.3, -0.25) is 14.4 Å². The third-order valence-corrected chi connectivity index (χ3v) is 4.79. The van der Waals surface area contributed by atoms with Gasteiger partial charge in [0.15, 0.2) is 11.6 Å². The fourth-order valence-corrected chi connectivity index (χ4v) is 3.37. The maximum atomic E-state index is 12.8. The van der Waals surface area contributed by atoms with Gasteiger partial charge in [-0.15, -0.1) is 0 Å². The van der Waals surface area contributed by atoms with E-state index in [4.69, 9.17) is 0 Å². The first-order chi connectivity index (χ1) is 13.5. The van der Waals surface area contributed by atoms with Crippen LogP contribution in [-0.2, 0) is 4.79 Å². The van der Waals surface area contributed by atoms with E-state index in [1.807, 2.05) is 42.3 Å². The quantitative estimate of drug-likeness (QED) is 0.597. The van der Waals surface area contributed by atoms with Crippen LogP contribution in [0.5, 0.6) is 0 Å². The van der Waals surface area contributed by atoms with Gasteiger partial charge < -0.3 is 10.2 Å². The lowest BCUT2D eigenvalue weighted by Crippen LogP contribution is -2.30. The summed E-state index contributed by atoms with van der Waals surface area (Å²) in [5, 5.41) is 2.81. The molecule has 5 heteroatoms. The van der Waals surface area contributed by atoms with Crippen molar-refractivity contribution < 1.29 is 14.4 Å². The summed E-state index contributed by atoms with van der Waals surface area (Å²) in [5.41, 5.74) is 2.92. The minimum Gasteiger partial charge on any atom is -0.365 e. The van der Waals surface area contributed by atoms with Gasteiger partial charge in [0, 0.05) is 40.7 Å². The van der Waals surface area contributed by atoms with Gasteiger partial charge in [0.25, 0.3) is 0 Å². The van der Waals surface area contributed by atoms with Gasteiger partial charge in [0.1, 0.15) is 0 Å². The summed E-state index contributed by atoms with van der Waals surface area (Å²) < 4.78 is 0. The molecule has 0 fully saturated rings. The van der Waals surface area contributed by atoms with Crippen LogP contribution in [-0.4, -0.2) is 31.1 Å². The Labute approximate surface area is 162 Å². The number of rotatable bonds is 4. The van der Waals surface area contributed by atoms with Crippen LogP contribution in [0.25, 0.3) is 0 Å². The number of carbonyl (C=O) groups excluding carboxylic acids is 3. The highest BCUT2D eigenvalue weighted by Gasteiger charge is 2.29. The Morgan fingerprint density at radius 3 is 2.04 bits per heavy atom. The SMILES string of the molecule is CN(CC(=O)Nc1ccc2c(c1)C(=O)c1ccccc1C2=O)c1ccccc1. The Kier molecular flexibility index (Phi) is 4.49. The molecule has 0 aromatic heterocycles. The molecule has 28 heavy (non-hydrogen) atoms. The van der Waals surface area contributed by atoms with Crippen molar-refractivity contribution in [3.05, 3.63) is 95.1 Å². The van der Waals surface area contributed by atoms with Crippen LogP contribution < -0.4 is 10.2 Å². The third kappa shape index (κ3) is 3.18. The first kappa shape index (κ1) is 17.7. The monoisotopic (exact) mass is 370 g/mol. The van der Waals surface area contributed by atoms with E-state index in [2.05, 4.69) is 5.32 Å². The number of amides is 1. The number of hydrogen-bond donors (Lipinski definition) is 1. The number of anilines is 2. The fourth-order valence-electron chi connectivity index (χ4n) is 3.37. The summed E-state index contributed by atoms with van der Waals surface area (Å²) in [6, 6.07) is 21.2. The Hall–Kier alpha value is -3.73. The summed E-state index contributed by atoms with van der Waals surface area (Å²) in [7, 11) is 1.83. The average Bonchev–Trinajstić information content (AvgIpc) is 2.72. The number of para-hydroxylation sites is 1. The molecule has 3 aromatic carbocycles. The zero-order valence-electron chi connectivity index (χ0n) is 15.3. The van der Waals surface area contributed by atoms with E-state index >= 15 is 0 Å². The van der Waals surface area contributed by atoms with Gasteiger partial charge in [0.05, 0.1) is 6.54 Å². The lowest BCUT2D eigenvalue weighted by Gasteiger charge is -2.20. The Morgan fingerprint density at radius 2 is 1.36 bits per heavy atom. The highest BCUT2D eigenvalue weighted by atomic mass is 16.2. The van der Waals surface area contributed by atoms with Crippen molar-refractivity contribution in [2.45, 2.75) is 0 Å². The van der Waals surface area contributed by atoms with Crippen molar-refractivity contribution in [2.24, 2.45) is 0 Å². The van der Waals surface area contributed by atoms with Gasteiger partial charge in [-0.2, -0.15) is 0 Å². The molecule has 4 rings (SSSR count). The molecule has 1 aliphatic carbocycles. The van der Waals surface area contributed by atoms with Crippen molar-refractivity contribution in [3.63, 3.8) is 0 Å². The smallest absolute Gasteiger partial charge is 0.243 e. The van der Waals surface area contributed by atoms with E-state index in [1.165, 1.54) is 0 Å². The minimum atomic E-state index is -0.207. The molecule has 0 spiro atoms. The van der Waals surface area contributed by atoms with E-state index in [0.717, 1.165) is 5.69 Å². The second kappa shape index (κ2) is 7.12. The lowest BCUT2D eigenvalue weighted by atomic mass is 9.84. The standard InChI is InChI=1S/C23H18N2O3/c1-25(16-7-3-2-4-8-16)14-21(26)24-15-11-12-19-20(13-15)23(28)18-10-6-5-9-17(18)22(19)27/h2-13H,14H2,1H3,(H,24,26). The zero-order chi connectivity index (χ0) is 19.7. The first-order valence-electron chi connectivity index (χ1n) is 8.93. The summed E-state index contributed by atoms with van der Waals surface area (Å²) in [6.45, 7) is 0.164. The maximum absolute atomic E-state index is 12.8. The number of ketones is 2. The number of nitrogens with one attached hydrogen (secondary N) is 1. The van der Waals surface area contributed by atoms with Crippen LogP contribution in [0.4, 0.5) is 11.4 Å². The molecule has 0 heterocycles. The second-order valence-electron chi connectivity index (χ2n) is 6.70. The van der Waals surface area contributed by atoms with E-state index < -0.39 is 0 Å². The van der Waals surface area contributed by atoms with Crippen LogP contribution in [0.1, 0.15) is 31.8 Å². The maximum Gasteiger partial charge on any atom is 0.243 e. The van der Waals surface area contributed by atoms with E-state index in [1.54, 1.807) is 42.5 Å². The number of nitrogens with zero attached hydrogens (tertiary/aromatic N) is 1. The predicted octanol–water partition coefficient (Wildman–Crippen LogP) is 3.54. The Bertz CT molecular complexity index is 1090. The van der Waals surface area contributed by atoms with Crippen molar-refractivity contribution in [3.8, 4) is 0 Å². The van der Waals surface area contributed by atoms with Crippen LogP contribution in [0.2, 0.25) is 0 Å². The Balaban J connectivity index is 1.54. The van der Waals surface area contributed by atoms with E-state index in [-0.39, 0.29) is 24.0 Å². The van der Waals surface area contributed by atoms with Gasteiger partial charge in [-0.25, -0.2) is 0 Å². The van der Waals surface area contributed by atoms with Gasteiger partial charge in [-0.1, -0.05) is 42.5 Å². The highest BCUT2D eigenvalue weighted by molar-refractivity contribution is 6.28. The van der Waals surface area contributed by atoms with Gasteiger partial charge >= 0.3 is 0 Å². The van der Waals surface area contributed by atoms with Crippen molar-refractivity contribution in [1.82, 2.24) is 0 Å². The van der Waals surface area contributed by atoms with Crippen LogP contribution in [0, 0.1) is 0 Å². The zero-order valence-corrected chi connectivity index (χ0v) is 15.3. The molecule has 138 valence electrons. The summed E-state index contributed by atoms with van der Waals surface area (Å²) in [6.07, 6.45) is 0. The molecule has 1 aliphatic rings. The largest absolute Gasteiger partial charge is 0.365 e. The van der Waals surface area contributed by atoms with Crippen molar-refractivity contribution >= 4 is 28.8 Å². The molecular weight excluding hydrogens is 352 g/mol. The van der Waals surface area contributed by atoms with E-state index in [9.17, 15) is 14.4 Å². The summed E-state index contributed by atoms with van der Waals surface area (Å²) in [4.78, 5) is 39.7. The first-order valence-corrected chi connectivity index (χ1v) is 8.93. The summed E-state index contributed by atoms with van der Waals surface area (Å²) >= 11 is 0. The fraction of sp³-hybridized carbons (Fsp3) is 0.0870. The third-order valence-electron chi connectivity index (χ3n) is 4.79. The second-order valence-corrected chi connectivity index (χ2v) is 6.70. The number of likely N-dealkylation sites (N-methyl/N-ethyl adjacent to an activating group) is 1. The van der Waals surface area contributed by atoms with Gasteiger partial charge in [-0.05, 0) is 30.3 Å². The van der Waals surface area contributed by atoms with E-state index in [0.29, 0.717) is 27.9 Å². The molecular formula is C23H18N2O3. The van der Waals surface area contributed by atoms with Crippen LogP contribution in [0.3, 0.4) is 0 Å². The minimum absolute atomic E-state index is 0.164. The molecule has 0 aliphatic heterocycles. The molecule has 0 unspecified atom stereocenters. The number of benzene rings is 3. The predicted molar refractivity (Wildman–Crippen MR) is 108 cm³/mol. The highest BCUT2D eigenvalue weighted by Crippen LogP contribution is 2.29. The van der Waals surface area contributed by atoms with Crippen LogP contribution >= 0.6 is 0 Å². The van der Waals surface area contributed by atoms with Crippen LogP contribution in [0.15, 0.2) is 72.8 Å². The number of carbonyl (C=O) groups is 3. The number of hydrogen-bond acceptors (Lipinski definition) is 4. The molecule has 0 saturated heterocycles. The molecule has 5 nitrogen and oxygen atoms in total. The number of fused-ring (bicyclic) bond motifs is 2. The topological polar surface area (TPSA) is 66.5 Å². The molecule has 3 aromatic rings. The molecule has 0 radical (unpaired) electrons. The van der Waals surface area contributed by atoms with Gasteiger partial charge in [0.2, 0.25) is 5.91 Å². The van der Waals surface area contributed by atoms with Crippen molar-refractivity contribution in [1.29, 1.82) is 0 Å². The molecule has 0 atom stereocenters. The van der Waals surface area contributed by atoms with Crippen molar-refractivity contribution in [2.75, 3.05) is 23.8 Å². The summed E-state index contributed by atoms with van der Waals surface area (Å²) in [5.74, 6) is -0.587. The molecule has 1 N–H and O–H groups in total. The molecule has 0 saturated carbocycles. The Morgan fingerprint density at radius 1 is 0.786 bits per heavy atom. The molecule has 0 bridgehead atoms. The normalized spacial score (nSPS) is 12.2. The lowest BCUT2D eigenvalue weighted by molar-refractivity contribution is -0.114.